The van der Waals surface area contributed by atoms with Gasteiger partial charge in [0.2, 0.25) is 35.2 Å². The molecular weight excluding hydrogens is 372 g/mol. The van der Waals surface area contributed by atoms with E-state index in [1.54, 1.807) is 18.2 Å². The van der Waals surface area contributed by atoms with Crippen molar-refractivity contribution in [1.82, 2.24) is 0 Å². The highest BCUT2D eigenvalue weighted by molar-refractivity contribution is 5.96. The Morgan fingerprint density at radius 1 is 0.893 bits per heavy atom. The van der Waals surface area contributed by atoms with E-state index in [2.05, 4.69) is 0 Å². The lowest BCUT2D eigenvalue weighted by atomic mass is 10.1. The molecule has 0 saturated heterocycles. The number of methoxy groups -OCH3 is 3. The lowest BCUT2D eigenvalue weighted by Crippen LogP contribution is -2.09. The standard InChI is InChI=1S/C19H16O9/c1-23-17-12(20)11-13(21)18(24-2)15(28-16(11)19(25-3)14(17)22)8-4-5-9-10(6-8)27-7-26-9/h4-6,20,22H,7H2,1-3H3. The summed E-state index contributed by atoms with van der Waals surface area (Å²) >= 11 is 0. The van der Waals surface area contributed by atoms with Crippen LogP contribution in [0.3, 0.4) is 0 Å². The summed E-state index contributed by atoms with van der Waals surface area (Å²) in [6.45, 7) is 0.0902. The van der Waals surface area contributed by atoms with E-state index in [1.165, 1.54) is 21.3 Å². The van der Waals surface area contributed by atoms with Crippen molar-refractivity contribution in [2.24, 2.45) is 0 Å². The summed E-state index contributed by atoms with van der Waals surface area (Å²) in [7, 11) is 3.83. The predicted octanol–water partition coefficient (Wildman–Crippen LogP) is 2.63. The summed E-state index contributed by atoms with van der Waals surface area (Å²) in [5.41, 5.74) is -0.348. The van der Waals surface area contributed by atoms with Crippen LogP contribution in [-0.2, 0) is 0 Å². The van der Waals surface area contributed by atoms with Gasteiger partial charge in [0.25, 0.3) is 0 Å². The topological polar surface area (TPSA) is 117 Å². The van der Waals surface area contributed by atoms with E-state index in [0.717, 1.165) is 0 Å². The van der Waals surface area contributed by atoms with E-state index in [0.29, 0.717) is 17.1 Å². The zero-order valence-corrected chi connectivity index (χ0v) is 15.2. The maximum absolute atomic E-state index is 13.1. The minimum Gasteiger partial charge on any atom is -0.504 e. The molecule has 1 aromatic heterocycles. The van der Waals surface area contributed by atoms with Crippen molar-refractivity contribution in [2.45, 2.75) is 0 Å². The summed E-state index contributed by atoms with van der Waals surface area (Å²) in [6, 6.07) is 4.96. The number of ether oxygens (including phenoxy) is 5. The summed E-state index contributed by atoms with van der Waals surface area (Å²) in [6.07, 6.45) is 0. The quantitative estimate of drug-likeness (QED) is 0.695. The van der Waals surface area contributed by atoms with E-state index in [4.69, 9.17) is 28.1 Å². The van der Waals surface area contributed by atoms with E-state index in [9.17, 15) is 15.0 Å². The largest absolute Gasteiger partial charge is 0.504 e. The van der Waals surface area contributed by atoms with Crippen molar-refractivity contribution in [1.29, 1.82) is 0 Å². The average Bonchev–Trinajstić information content (AvgIpc) is 3.16. The number of fused-ring (bicyclic) bond motifs is 2. The fraction of sp³-hybridized carbons (Fsp3) is 0.211. The molecule has 0 fully saturated rings. The minimum absolute atomic E-state index is 0.0700. The number of rotatable bonds is 4. The molecule has 0 amide bonds. The normalized spacial score (nSPS) is 12.2. The lowest BCUT2D eigenvalue weighted by Gasteiger charge is -2.15. The van der Waals surface area contributed by atoms with Crippen molar-refractivity contribution < 1.29 is 38.3 Å². The first kappa shape index (κ1) is 17.7. The molecule has 1 aliphatic rings. The molecule has 4 rings (SSSR count). The van der Waals surface area contributed by atoms with Crippen molar-refractivity contribution >= 4 is 11.0 Å². The number of hydrogen-bond acceptors (Lipinski definition) is 9. The highest BCUT2D eigenvalue weighted by Crippen LogP contribution is 2.50. The van der Waals surface area contributed by atoms with Crippen LogP contribution in [0.2, 0.25) is 0 Å². The fourth-order valence-electron chi connectivity index (χ4n) is 3.13. The first-order valence-electron chi connectivity index (χ1n) is 8.12. The van der Waals surface area contributed by atoms with Crippen LogP contribution in [0.5, 0.6) is 40.2 Å². The van der Waals surface area contributed by atoms with Crippen LogP contribution in [0.1, 0.15) is 0 Å². The first-order chi connectivity index (χ1) is 13.5. The number of hydrogen-bond donors (Lipinski definition) is 2. The molecule has 3 aromatic rings. The molecule has 0 bridgehead atoms. The number of aromatic hydroxyl groups is 2. The predicted molar refractivity (Wildman–Crippen MR) is 97.0 cm³/mol. The van der Waals surface area contributed by atoms with Crippen LogP contribution < -0.4 is 29.1 Å². The van der Waals surface area contributed by atoms with Gasteiger partial charge in [0.1, 0.15) is 5.39 Å². The zero-order valence-electron chi connectivity index (χ0n) is 15.2. The molecule has 0 spiro atoms. The van der Waals surface area contributed by atoms with Gasteiger partial charge in [0.05, 0.1) is 21.3 Å². The van der Waals surface area contributed by atoms with Gasteiger partial charge in [-0.3, -0.25) is 4.79 Å². The Morgan fingerprint density at radius 2 is 1.57 bits per heavy atom. The molecule has 2 heterocycles. The van der Waals surface area contributed by atoms with Gasteiger partial charge in [-0.25, -0.2) is 0 Å². The Kier molecular flexibility index (Phi) is 4.07. The van der Waals surface area contributed by atoms with Crippen LogP contribution in [0.15, 0.2) is 27.4 Å². The van der Waals surface area contributed by atoms with Gasteiger partial charge in [-0.1, -0.05) is 0 Å². The fourth-order valence-corrected chi connectivity index (χ4v) is 3.13. The van der Waals surface area contributed by atoms with E-state index in [1.807, 2.05) is 0 Å². The highest BCUT2D eigenvalue weighted by atomic mass is 16.7. The maximum Gasteiger partial charge on any atom is 0.239 e. The molecule has 1 aliphatic heterocycles. The smallest absolute Gasteiger partial charge is 0.239 e. The van der Waals surface area contributed by atoms with Gasteiger partial charge >= 0.3 is 0 Å². The molecule has 9 heteroatoms. The van der Waals surface area contributed by atoms with Gasteiger partial charge in [-0.15, -0.1) is 0 Å². The van der Waals surface area contributed by atoms with Crippen molar-refractivity contribution in [3.8, 4) is 51.6 Å². The van der Waals surface area contributed by atoms with Crippen LogP contribution >= 0.6 is 0 Å². The second-order valence-electron chi connectivity index (χ2n) is 5.83. The summed E-state index contributed by atoms with van der Waals surface area (Å²) in [5, 5.41) is 20.5. The van der Waals surface area contributed by atoms with E-state index >= 15 is 0 Å². The number of phenols is 2. The molecular formula is C19H16O9. The van der Waals surface area contributed by atoms with Crippen LogP contribution in [0.25, 0.3) is 22.3 Å². The molecule has 28 heavy (non-hydrogen) atoms. The van der Waals surface area contributed by atoms with Gasteiger partial charge in [-0.2, -0.15) is 0 Å². The molecule has 0 atom stereocenters. The van der Waals surface area contributed by atoms with Crippen LogP contribution in [-0.4, -0.2) is 38.3 Å². The second-order valence-corrected chi connectivity index (χ2v) is 5.83. The number of phenolic OH excluding ortho intramolecular Hbond substituents is 2. The van der Waals surface area contributed by atoms with Gasteiger partial charge in [0.15, 0.2) is 28.6 Å². The third-order valence-electron chi connectivity index (χ3n) is 4.41. The molecule has 2 N–H and O–H groups in total. The van der Waals surface area contributed by atoms with Crippen molar-refractivity contribution in [3.05, 3.63) is 28.4 Å². The molecule has 0 radical (unpaired) electrons. The van der Waals surface area contributed by atoms with Gasteiger partial charge in [-0.05, 0) is 18.2 Å². The SMILES string of the molecule is COc1c(O)c(OC)c2oc(-c3ccc4c(c3)OCO4)c(OC)c(=O)c2c1O. The van der Waals surface area contributed by atoms with E-state index in [-0.39, 0.29) is 40.8 Å². The van der Waals surface area contributed by atoms with Crippen molar-refractivity contribution in [2.75, 3.05) is 28.1 Å². The summed E-state index contributed by atoms with van der Waals surface area (Å²) < 4.78 is 32.0. The second kappa shape index (κ2) is 6.45. The first-order valence-corrected chi connectivity index (χ1v) is 8.12. The average molecular weight is 388 g/mol. The Labute approximate surface area is 158 Å². The Bertz CT molecular complexity index is 1150. The number of benzene rings is 2. The Balaban J connectivity index is 2.10. The summed E-state index contributed by atoms with van der Waals surface area (Å²) in [5.74, 6) is -0.587. The lowest BCUT2D eigenvalue weighted by molar-refractivity contribution is 0.174. The third kappa shape index (κ3) is 2.36. The van der Waals surface area contributed by atoms with Gasteiger partial charge < -0.3 is 38.3 Å². The molecule has 146 valence electrons. The molecule has 2 aromatic carbocycles. The van der Waals surface area contributed by atoms with Crippen molar-refractivity contribution in [3.63, 3.8) is 0 Å². The molecule has 0 aliphatic carbocycles. The van der Waals surface area contributed by atoms with Crippen LogP contribution in [0.4, 0.5) is 0 Å². The molecule has 0 unspecified atom stereocenters. The molecule has 9 nitrogen and oxygen atoms in total. The highest BCUT2D eigenvalue weighted by Gasteiger charge is 2.29. The van der Waals surface area contributed by atoms with Crippen LogP contribution in [0, 0.1) is 0 Å². The third-order valence-corrected chi connectivity index (χ3v) is 4.41. The Hall–Kier alpha value is -3.75. The minimum atomic E-state index is -0.662. The monoisotopic (exact) mass is 388 g/mol. The zero-order chi connectivity index (χ0) is 20.0. The molecule has 0 saturated carbocycles. The van der Waals surface area contributed by atoms with E-state index < -0.39 is 16.9 Å². The summed E-state index contributed by atoms with van der Waals surface area (Å²) in [4.78, 5) is 13.1. The maximum atomic E-state index is 13.1. The van der Waals surface area contributed by atoms with Gasteiger partial charge in [0, 0.05) is 5.56 Å². The Morgan fingerprint density at radius 3 is 2.25 bits per heavy atom.